The fraction of sp³-hybridized carbons (Fsp3) is 0.417. The molecule has 0 aliphatic heterocycles. The van der Waals surface area contributed by atoms with Crippen molar-refractivity contribution in [1.82, 2.24) is 0 Å². The van der Waals surface area contributed by atoms with Gasteiger partial charge < -0.3 is 0 Å². The number of rotatable bonds is 0. The summed E-state index contributed by atoms with van der Waals surface area (Å²) in [5.41, 5.74) is 5.18. The van der Waals surface area contributed by atoms with E-state index in [1.54, 1.807) is 0 Å². The normalized spacial score (nSPS) is 11.0. The van der Waals surface area contributed by atoms with Crippen molar-refractivity contribution in [3.63, 3.8) is 0 Å². The van der Waals surface area contributed by atoms with Crippen LogP contribution in [0.4, 0.5) is 0 Å². The quantitative estimate of drug-likeness (QED) is 0.473. The van der Waals surface area contributed by atoms with Gasteiger partial charge in [0.1, 0.15) is 0 Å². The van der Waals surface area contributed by atoms with E-state index < -0.39 is 0 Å². The Balaban J connectivity index is 0.00000139. The van der Waals surface area contributed by atoms with E-state index in [4.69, 9.17) is 0 Å². The number of hydrogen-bond donors (Lipinski definition) is 0. The molecule has 0 fully saturated rings. The molecular weight excluding hydrogens is 288 g/mol. The van der Waals surface area contributed by atoms with Crippen molar-refractivity contribution in [3.8, 4) is 11.8 Å². The van der Waals surface area contributed by atoms with Gasteiger partial charge in [0.15, 0.2) is 0 Å². The van der Waals surface area contributed by atoms with Crippen molar-refractivity contribution < 1.29 is 0 Å². The fourth-order valence-electron chi connectivity index (χ4n) is 2.25. The lowest BCUT2D eigenvalue weighted by Gasteiger charge is -2.18. The molecule has 0 radical (unpaired) electrons. The van der Waals surface area contributed by atoms with E-state index in [0.717, 1.165) is 11.1 Å². The highest BCUT2D eigenvalue weighted by Crippen LogP contribution is 2.23. The van der Waals surface area contributed by atoms with Gasteiger partial charge in [-0.25, -0.2) is 0 Å². The average Bonchev–Trinajstić information content (AvgIpc) is 2.54. The SMILES string of the molecule is CC.CC(C)(C)c1ccc(C#Cc2ccc(C(C)(C)C)cc2)cc1. The van der Waals surface area contributed by atoms with Gasteiger partial charge in [0.2, 0.25) is 0 Å². The highest BCUT2D eigenvalue weighted by Gasteiger charge is 2.13. The lowest BCUT2D eigenvalue weighted by molar-refractivity contribution is 0.590. The minimum absolute atomic E-state index is 0.189. The molecule has 2 aromatic carbocycles. The maximum absolute atomic E-state index is 3.25. The van der Waals surface area contributed by atoms with Crippen LogP contribution in [-0.4, -0.2) is 0 Å². The molecule has 128 valence electrons. The molecule has 0 nitrogen and oxygen atoms in total. The summed E-state index contributed by atoms with van der Waals surface area (Å²) >= 11 is 0. The highest BCUT2D eigenvalue weighted by atomic mass is 14.2. The highest BCUT2D eigenvalue weighted by molar-refractivity contribution is 5.45. The molecule has 0 amide bonds. The van der Waals surface area contributed by atoms with Crippen LogP contribution in [0.25, 0.3) is 0 Å². The van der Waals surface area contributed by atoms with Gasteiger partial charge in [-0.2, -0.15) is 0 Å². The topological polar surface area (TPSA) is 0 Å². The van der Waals surface area contributed by atoms with Gasteiger partial charge in [-0.05, 0) is 46.2 Å². The van der Waals surface area contributed by atoms with E-state index in [0.29, 0.717) is 0 Å². The van der Waals surface area contributed by atoms with Crippen LogP contribution in [0.1, 0.15) is 77.6 Å². The van der Waals surface area contributed by atoms with Gasteiger partial charge in [0.05, 0.1) is 0 Å². The molecule has 0 heterocycles. The van der Waals surface area contributed by atoms with Crippen molar-refractivity contribution in [3.05, 3.63) is 70.8 Å². The predicted molar refractivity (Wildman–Crippen MR) is 108 cm³/mol. The molecule has 0 aliphatic carbocycles. The predicted octanol–water partition coefficient (Wildman–Crippen LogP) is 6.71. The Kier molecular flexibility index (Phi) is 6.85. The van der Waals surface area contributed by atoms with Crippen LogP contribution < -0.4 is 0 Å². The first-order valence-electron chi connectivity index (χ1n) is 8.89. The van der Waals surface area contributed by atoms with E-state index in [2.05, 4.69) is 102 Å². The Morgan fingerprint density at radius 2 is 0.750 bits per heavy atom. The lowest BCUT2D eigenvalue weighted by Crippen LogP contribution is -2.10. The van der Waals surface area contributed by atoms with Gasteiger partial charge in [-0.15, -0.1) is 0 Å². The molecule has 0 heteroatoms. The zero-order valence-corrected chi connectivity index (χ0v) is 16.6. The third kappa shape index (κ3) is 5.89. The maximum atomic E-state index is 3.25. The van der Waals surface area contributed by atoms with Crippen LogP contribution in [0.3, 0.4) is 0 Å². The first kappa shape index (κ1) is 20.0. The Hall–Kier alpha value is -2.00. The molecule has 0 aromatic heterocycles. The van der Waals surface area contributed by atoms with E-state index in [1.807, 2.05) is 13.8 Å². The van der Waals surface area contributed by atoms with Crippen LogP contribution in [0.5, 0.6) is 0 Å². The summed E-state index contributed by atoms with van der Waals surface area (Å²) < 4.78 is 0. The van der Waals surface area contributed by atoms with Crippen molar-refractivity contribution in [2.75, 3.05) is 0 Å². The zero-order chi connectivity index (χ0) is 18.4. The molecule has 0 atom stereocenters. The summed E-state index contributed by atoms with van der Waals surface area (Å²) in [5.74, 6) is 6.50. The van der Waals surface area contributed by atoms with Crippen LogP contribution in [0.15, 0.2) is 48.5 Å². The fourth-order valence-corrected chi connectivity index (χ4v) is 2.25. The van der Waals surface area contributed by atoms with Crippen LogP contribution in [0, 0.1) is 11.8 Å². The molecular formula is C24H32. The maximum Gasteiger partial charge on any atom is 0.0249 e. The molecule has 0 bridgehead atoms. The van der Waals surface area contributed by atoms with Gasteiger partial charge in [0.25, 0.3) is 0 Å². The van der Waals surface area contributed by atoms with E-state index in [1.165, 1.54) is 11.1 Å². The van der Waals surface area contributed by atoms with Crippen LogP contribution in [0.2, 0.25) is 0 Å². The first-order valence-corrected chi connectivity index (χ1v) is 8.89. The Morgan fingerprint density at radius 3 is 0.958 bits per heavy atom. The first-order chi connectivity index (χ1) is 11.2. The smallest absolute Gasteiger partial charge is 0.0249 e. The minimum Gasteiger partial charge on any atom is -0.0683 e. The van der Waals surface area contributed by atoms with Crippen molar-refractivity contribution in [2.24, 2.45) is 0 Å². The average molecular weight is 321 g/mol. The summed E-state index contributed by atoms with van der Waals surface area (Å²) in [6.07, 6.45) is 0. The largest absolute Gasteiger partial charge is 0.0683 e. The lowest BCUT2D eigenvalue weighted by atomic mass is 9.86. The minimum atomic E-state index is 0.189. The molecule has 0 aliphatic rings. The second kappa shape index (κ2) is 8.20. The van der Waals surface area contributed by atoms with Crippen LogP contribution >= 0.6 is 0 Å². The van der Waals surface area contributed by atoms with Gasteiger partial charge in [-0.3, -0.25) is 0 Å². The Bertz CT molecular complexity index is 614. The summed E-state index contributed by atoms with van der Waals surface area (Å²) in [6.45, 7) is 17.4. The third-order valence-corrected chi connectivity index (χ3v) is 3.85. The summed E-state index contributed by atoms with van der Waals surface area (Å²) in [7, 11) is 0. The second-order valence-electron chi connectivity index (χ2n) is 7.90. The molecule has 2 rings (SSSR count). The molecule has 0 saturated heterocycles. The number of hydrogen-bond acceptors (Lipinski definition) is 0. The van der Waals surface area contributed by atoms with Gasteiger partial charge >= 0.3 is 0 Å². The van der Waals surface area contributed by atoms with E-state index >= 15 is 0 Å². The second-order valence-corrected chi connectivity index (χ2v) is 7.90. The molecule has 0 saturated carbocycles. The summed E-state index contributed by atoms with van der Waals surface area (Å²) in [4.78, 5) is 0. The summed E-state index contributed by atoms with van der Waals surface area (Å²) in [6, 6.07) is 17.1. The van der Waals surface area contributed by atoms with Crippen molar-refractivity contribution >= 4 is 0 Å². The molecule has 0 spiro atoms. The molecule has 0 N–H and O–H groups in total. The monoisotopic (exact) mass is 320 g/mol. The number of benzene rings is 2. The third-order valence-electron chi connectivity index (χ3n) is 3.85. The van der Waals surface area contributed by atoms with Gasteiger partial charge in [0, 0.05) is 11.1 Å². The molecule has 24 heavy (non-hydrogen) atoms. The Labute approximate surface area is 149 Å². The van der Waals surface area contributed by atoms with Crippen molar-refractivity contribution in [2.45, 2.75) is 66.2 Å². The standard InChI is InChI=1S/C22H26.C2H6/c1-21(2,3)19-13-9-17(10-14-19)7-8-18-11-15-20(16-12-18)22(4,5)6;1-2/h9-16H,1-6H3;1-2H3. The van der Waals surface area contributed by atoms with Gasteiger partial charge in [-0.1, -0.05) is 91.5 Å². The van der Waals surface area contributed by atoms with E-state index in [-0.39, 0.29) is 10.8 Å². The zero-order valence-electron chi connectivity index (χ0n) is 16.6. The van der Waals surface area contributed by atoms with Crippen LogP contribution in [-0.2, 0) is 10.8 Å². The van der Waals surface area contributed by atoms with E-state index in [9.17, 15) is 0 Å². The molecule has 0 unspecified atom stereocenters. The molecule has 2 aromatic rings. The Morgan fingerprint density at radius 1 is 0.500 bits per heavy atom. The summed E-state index contributed by atoms with van der Waals surface area (Å²) in [5, 5.41) is 0. The van der Waals surface area contributed by atoms with Crippen molar-refractivity contribution in [1.29, 1.82) is 0 Å².